The average Bonchev–Trinajstić information content (AvgIpc) is 2.67. The molecule has 0 aromatic heterocycles. The number of hydrogen-bond acceptors (Lipinski definition) is 2. The van der Waals surface area contributed by atoms with Gasteiger partial charge >= 0.3 is 0 Å². The minimum absolute atomic E-state index is 0.149. The molecule has 4 aromatic carbocycles. The van der Waals surface area contributed by atoms with E-state index in [1.165, 1.54) is 32.7 Å². The SMILES string of the molecule is OC1CN(C(c2cccc3ccccc23)c2cccc3ccccc23)C1. The lowest BCUT2D eigenvalue weighted by atomic mass is 9.88. The molecule has 2 heteroatoms. The second-order valence-corrected chi connectivity index (χ2v) is 7.15. The molecule has 1 heterocycles. The van der Waals surface area contributed by atoms with Crippen LogP contribution in [0.4, 0.5) is 0 Å². The standard InChI is InChI=1S/C24H21NO/c26-19-15-25(16-19)24(22-13-5-9-17-7-1-3-11-20(17)22)23-14-6-10-18-8-2-4-12-21(18)23/h1-14,19,24,26H,15-16H2. The predicted octanol–water partition coefficient (Wildman–Crippen LogP) is 4.76. The Kier molecular flexibility index (Phi) is 3.74. The third-order valence-electron chi connectivity index (χ3n) is 5.49. The van der Waals surface area contributed by atoms with Crippen LogP contribution in [-0.4, -0.2) is 29.2 Å². The van der Waals surface area contributed by atoms with E-state index in [0.29, 0.717) is 0 Å². The molecule has 1 aliphatic heterocycles. The first-order valence-electron chi connectivity index (χ1n) is 9.19. The van der Waals surface area contributed by atoms with Gasteiger partial charge in [0, 0.05) is 13.1 Å². The Hall–Kier alpha value is -2.68. The van der Waals surface area contributed by atoms with Gasteiger partial charge in [-0.3, -0.25) is 4.90 Å². The number of likely N-dealkylation sites (tertiary alicyclic amines) is 1. The molecule has 0 amide bonds. The van der Waals surface area contributed by atoms with Gasteiger partial charge in [-0.1, -0.05) is 84.9 Å². The Morgan fingerprint density at radius 1 is 0.654 bits per heavy atom. The topological polar surface area (TPSA) is 23.5 Å². The van der Waals surface area contributed by atoms with Crippen molar-refractivity contribution in [3.63, 3.8) is 0 Å². The van der Waals surface area contributed by atoms with Gasteiger partial charge in [0.1, 0.15) is 0 Å². The minimum Gasteiger partial charge on any atom is -0.390 e. The predicted molar refractivity (Wildman–Crippen MR) is 107 cm³/mol. The van der Waals surface area contributed by atoms with Gasteiger partial charge in [0.05, 0.1) is 12.1 Å². The average molecular weight is 339 g/mol. The van der Waals surface area contributed by atoms with Crippen molar-refractivity contribution >= 4 is 21.5 Å². The zero-order valence-electron chi connectivity index (χ0n) is 14.5. The monoisotopic (exact) mass is 339 g/mol. The lowest BCUT2D eigenvalue weighted by molar-refractivity contribution is -0.0154. The van der Waals surface area contributed by atoms with Gasteiger partial charge in [-0.15, -0.1) is 0 Å². The number of hydrogen-bond donors (Lipinski definition) is 1. The van der Waals surface area contributed by atoms with E-state index in [9.17, 15) is 5.11 Å². The largest absolute Gasteiger partial charge is 0.390 e. The first kappa shape index (κ1) is 15.6. The molecule has 0 aliphatic carbocycles. The van der Waals surface area contributed by atoms with Gasteiger partial charge in [0.15, 0.2) is 0 Å². The van der Waals surface area contributed by atoms with Gasteiger partial charge in [-0.2, -0.15) is 0 Å². The number of nitrogens with zero attached hydrogens (tertiary/aromatic N) is 1. The highest BCUT2D eigenvalue weighted by atomic mass is 16.3. The first-order valence-corrected chi connectivity index (χ1v) is 9.19. The zero-order valence-corrected chi connectivity index (χ0v) is 14.5. The van der Waals surface area contributed by atoms with E-state index >= 15 is 0 Å². The fraction of sp³-hybridized carbons (Fsp3) is 0.167. The highest BCUT2D eigenvalue weighted by molar-refractivity contribution is 5.90. The van der Waals surface area contributed by atoms with Gasteiger partial charge in [-0.25, -0.2) is 0 Å². The molecular formula is C24H21NO. The van der Waals surface area contributed by atoms with Crippen molar-refractivity contribution in [1.82, 2.24) is 4.90 Å². The van der Waals surface area contributed by atoms with Gasteiger partial charge in [0.25, 0.3) is 0 Å². The second-order valence-electron chi connectivity index (χ2n) is 7.15. The number of aliphatic hydroxyl groups excluding tert-OH is 1. The molecule has 0 radical (unpaired) electrons. The molecule has 1 N–H and O–H groups in total. The van der Waals surface area contributed by atoms with Crippen LogP contribution < -0.4 is 0 Å². The van der Waals surface area contributed by atoms with Crippen LogP contribution in [0.1, 0.15) is 17.2 Å². The molecule has 128 valence electrons. The molecule has 0 saturated carbocycles. The second kappa shape index (κ2) is 6.24. The van der Waals surface area contributed by atoms with Crippen molar-refractivity contribution in [2.24, 2.45) is 0 Å². The van der Waals surface area contributed by atoms with E-state index < -0.39 is 0 Å². The van der Waals surface area contributed by atoms with Crippen molar-refractivity contribution in [1.29, 1.82) is 0 Å². The third kappa shape index (κ3) is 2.50. The Balaban J connectivity index is 1.76. The van der Waals surface area contributed by atoms with E-state index in [0.717, 1.165) is 13.1 Å². The summed E-state index contributed by atoms with van der Waals surface area (Å²) in [5.41, 5.74) is 2.62. The van der Waals surface area contributed by atoms with E-state index in [1.807, 2.05) is 0 Å². The molecule has 0 spiro atoms. The molecule has 1 saturated heterocycles. The summed E-state index contributed by atoms with van der Waals surface area (Å²) < 4.78 is 0. The highest BCUT2D eigenvalue weighted by Crippen LogP contribution is 2.39. The molecule has 26 heavy (non-hydrogen) atoms. The maximum Gasteiger partial charge on any atom is 0.0794 e. The van der Waals surface area contributed by atoms with Gasteiger partial charge < -0.3 is 5.11 Å². The van der Waals surface area contributed by atoms with Crippen molar-refractivity contribution in [3.05, 3.63) is 96.1 Å². The van der Waals surface area contributed by atoms with Crippen LogP contribution in [0.3, 0.4) is 0 Å². The molecule has 0 atom stereocenters. The van der Waals surface area contributed by atoms with Crippen LogP contribution in [0.25, 0.3) is 21.5 Å². The van der Waals surface area contributed by atoms with Crippen molar-refractivity contribution in [2.45, 2.75) is 12.1 Å². The van der Waals surface area contributed by atoms with Gasteiger partial charge in [-0.05, 0) is 32.7 Å². The molecule has 0 unspecified atom stereocenters. The van der Waals surface area contributed by atoms with Crippen molar-refractivity contribution in [2.75, 3.05) is 13.1 Å². The van der Waals surface area contributed by atoms with Crippen LogP contribution in [0.2, 0.25) is 0 Å². The molecule has 0 bridgehead atoms. The maximum absolute atomic E-state index is 9.95. The molecule has 1 fully saturated rings. The number of rotatable bonds is 3. The summed E-state index contributed by atoms with van der Waals surface area (Å²) in [5, 5.41) is 15.0. The number of benzene rings is 4. The summed E-state index contributed by atoms with van der Waals surface area (Å²) in [7, 11) is 0. The normalized spacial score (nSPS) is 15.6. The van der Waals surface area contributed by atoms with Crippen LogP contribution in [0.15, 0.2) is 84.9 Å². The van der Waals surface area contributed by atoms with Crippen molar-refractivity contribution in [3.8, 4) is 0 Å². The Morgan fingerprint density at radius 2 is 1.12 bits per heavy atom. The summed E-state index contributed by atoms with van der Waals surface area (Å²) in [6, 6.07) is 30.4. The first-order chi connectivity index (χ1) is 12.8. The van der Waals surface area contributed by atoms with Crippen LogP contribution >= 0.6 is 0 Å². The van der Waals surface area contributed by atoms with Crippen LogP contribution in [0, 0.1) is 0 Å². The molecule has 5 rings (SSSR count). The van der Waals surface area contributed by atoms with E-state index in [1.54, 1.807) is 0 Å². The third-order valence-corrected chi connectivity index (χ3v) is 5.49. The molecule has 1 aliphatic rings. The van der Waals surface area contributed by atoms with Gasteiger partial charge in [0.2, 0.25) is 0 Å². The summed E-state index contributed by atoms with van der Waals surface area (Å²) in [5.74, 6) is 0. The van der Waals surface area contributed by atoms with E-state index in [2.05, 4.69) is 89.8 Å². The summed E-state index contributed by atoms with van der Waals surface area (Å²) >= 11 is 0. The minimum atomic E-state index is -0.220. The maximum atomic E-state index is 9.95. The Bertz CT molecular complexity index is 992. The van der Waals surface area contributed by atoms with E-state index in [-0.39, 0.29) is 12.1 Å². The number of fused-ring (bicyclic) bond motifs is 2. The number of aliphatic hydroxyl groups is 1. The fourth-order valence-electron chi connectivity index (χ4n) is 4.24. The smallest absolute Gasteiger partial charge is 0.0794 e. The Labute approximate surface area is 153 Å². The zero-order chi connectivity index (χ0) is 17.5. The summed E-state index contributed by atoms with van der Waals surface area (Å²) in [6.07, 6.45) is -0.220. The fourth-order valence-corrected chi connectivity index (χ4v) is 4.24. The molecule has 2 nitrogen and oxygen atoms in total. The van der Waals surface area contributed by atoms with Crippen LogP contribution in [-0.2, 0) is 0 Å². The van der Waals surface area contributed by atoms with Crippen molar-refractivity contribution < 1.29 is 5.11 Å². The summed E-state index contributed by atoms with van der Waals surface area (Å²) in [4.78, 5) is 2.38. The molecular weight excluding hydrogens is 318 g/mol. The summed E-state index contributed by atoms with van der Waals surface area (Å²) in [6.45, 7) is 1.44. The van der Waals surface area contributed by atoms with E-state index in [4.69, 9.17) is 0 Å². The highest BCUT2D eigenvalue weighted by Gasteiger charge is 2.34. The van der Waals surface area contributed by atoms with Crippen LogP contribution in [0.5, 0.6) is 0 Å². The lowest BCUT2D eigenvalue weighted by Crippen LogP contribution is -2.52. The lowest BCUT2D eigenvalue weighted by Gasteiger charge is -2.43. The number of β-amino-alcohol motifs (C(OH)–C–C–N with tert-alkyl or cyclic N) is 1. The quantitative estimate of drug-likeness (QED) is 0.582. The molecule has 4 aromatic rings. The Morgan fingerprint density at radius 3 is 1.62 bits per heavy atom.